The summed E-state index contributed by atoms with van der Waals surface area (Å²) in [5.74, 6) is -0.935. The number of benzene rings is 1. The Morgan fingerprint density at radius 2 is 2.32 bits per heavy atom. The van der Waals surface area contributed by atoms with Crippen LogP contribution in [0.1, 0.15) is 21.7 Å². The maximum absolute atomic E-state index is 13.2. The predicted octanol–water partition coefficient (Wildman–Crippen LogP) is 2.26. The number of halogens is 1. The van der Waals surface area contributed by atoms with E-state index < -0.39 is 11.8 Å². The third-order valence-electron chi connectivity index (χ3n) is 2.77. The Labute approximate surface area is 109 Å². The smallest absolute Gasteiger partial charge is 0.339 e. The van der Waals surface area contributed by atoms with Crippen molar-refractivity contribution in [2.45, 2.75) is 13.5 Å². The predicted molar refractivity (Wildman–Crippen MR) is 68.4 cm³/mol. The van der Waals surface area contributed by atoms with Crippen molar-refractivity contribution in [2.75, 3.05) is 12.4 Å². The van der Waals surface area contributed by atoms with Gasteiger partial charge in [-0.2, -0.15) is 0 Å². The number of hydrogen-bond acceptors (Lipinski definition) is 4. The van der Waals surface area contributed by atoms with Crippen LogP contribution in [0.3, 0.4) is 0 Å². The van der Waals surface area contributed by atoms with Crippen molar-refractivity contribution in [3.05, 3.63) is 47.3 Å². The van der Waals surface area contributed by atoms with Gasteiger partial charge in [-0.25, -0.2) is 14.2 Å². The molecule has 0 saturated carbocycles. The molecule has 1 heterocycles. The second-order valence-corrected chi connectivity index (χ2v) is 4.01. The van der Waals surface area contributed by atoms with Crippen molar-refractivity contribution in [1.29, 1.82) is 0 Å². The number of methoxy groups -OCH3 is 1. The van der Waals surface area contributed by atoms with Crippen LogP contribution >= 0.6 is 0 Å². The molecule has 0 unspecified atom stereocenters. The SMILES string of the molecule is COC(=O)c1ccc(F)cc1NCc1nc[nH]c1C. The molecule has 1 aromatic carbocycles. The number of aromatic nitrogens is 2. The normalized spacial score (nSPS) is 10.3. The van der Waals surface area contributed by atoms with Gasteiger partial charge < -0.3 is 15.0 Å². The first-order chi connectivity index (χ1) is 9.11. The van der Waals surface area contributed by atoms with Crippen LogP contribution in [0.2, 0.25) is 0 Å². The molecule has 0 atom stereocenters. The van der Waals surface area contributed by atoms with Crippen molar-refractivity contribution in [3.63, 3.8) is 0 Å². The van der Waals surface area contributed by atoms with Crippen LogP contribution in [0.5, 0.6) is 0 Å². The molecule has 19 heavy (non-hydrogen) atoms. The quantitative estimate of drug-likeness (QED) is 0.830. The fourth-order valence-electron chi connectivity index (χ4n) is 1.70. The average molecular weight is 263 g/mol. The lowest BCUT2D eigenvalue weighted by molar-refractivity contribution is 0.0602. The van der Waals surface area contributed by atoms with Gasteiger partial charge in [-0.05, 0) is 25.1 Å². The Morgan fingerprint density at radius 3 is 2.95 bits per heavy atom. The molecule has 0 amide bonds. The lowest BCUT2D eigenvalue weighted by Crippen LogP contribution is -2.09. The molecule has 100 valence electrons. The van der Waals surface area contributed by atoms with Crippen molar-refractivity contribution >= 4 is 11.7 Å². The molecule has 0 saturated heterocycles. The van der Waals surface area contributed by atoms with E-state index in [4.69, 9.17) is 0 Å². The number of nitrogens with one attached hydrogen (secondary N) is 2. The molecule has 0 bridgehead atoms. The number of carbonyl (C=O) groups is 1. The number of aryl methyl sites for hydroxylation is 1. The summed E-state index contributed by atoms with van der Waals surface area (Å²) >= 11 is 0. The summed E-state index contributed by atoms with van der Waals surface area (Å²) in [6.45, 7) is 2.28. The Balaban J connectivity index is 2.21. The number of anilines is 1. The van der Waals surface area contributed by atoms with Gasteiger partial charge in [0.2, 0.25) is 0 Å². The maximum atomic E-state index is 13.2. The summed E-state index contributed by atoms with van der Waals surface area (Å²) in [7, 11) is 1.29. The summed E-state index contributed by atoms with van der Waals surface area (Å²) in [5, 5.41) is 2.99. The molecule has 0 radical (unpaired) electrons. The van der Waals surface area contributed by atoms with Gasteiger partial charge in [-0.3, -0.25) is 0 Å². The first-order valence-electron chi connectivity index (χ1n) is 5.72. The van der Waals surface area contributed by atoms with Crippen LogP contribution < -0.4 is 5.32 Å². The lowest BCUT2D eigenvalue weighted by atomic mass is 10.1. The molecule has 6 heteroatoms. The molecule has 5 nitrogen and oxygen atoms in total. The number of hydrogen-bond donors (Lipinski definition) is 2. The highest BCUT2D eigenvalue weighted by Crippen LogP contribution is 2.19. The van der Waals surface area contributed by atoms with Crippen LogP contribution in [0.15, 0.2) is 24.5 Å². The standard InChI is InChI=1S/C13H14FN3O2/c1-8-12(17-7-16-8)6-15-11-5-9(14)3-4-10(11)13(18)19-2/h3-5,7,15H,6H2,1-2H3,(H,16,17). The molecule has 0 spiro atoms. The first-order valence-corrected chi connectivity index (χ1v) is 5.72. The minimum Gasteiger partial charge on any atom is -0.465 e. The molecule has 0 aliphatic rings. The molecule has 0 aliphatic heterocycles. The van der Waals surface area contributed by atoms with Crippen LogP contribution in [0, 0.1) is 12.7 Å². The lowest BCUT2D eigenvalue weighted by Gasteiger charge is -2.10. The largest absolute Gasteiger partial charge is 0.465 e. The van der Waals surface area contributed by atoms with E-state index >= 15 is 0 Å². The van der Waals surface area contributed by atoms with Gasteiger partial charge in [0.05, 0.1) is 36.9 Å². The fraction of sp³-hybridized carbons (Fsp3) is 0.231. The number of imidazole rings is 1. The molecule has 0 fully saturated rings. The maximum Gasteiger partial charge on any atom is 0.339 e. The molecular weight excluding hydrogens is 249 g/mol. The van der Waals surface area contributed by atoms with Gasteiger partial charge in [0, 0.05) is 5.69 Å². The number of carbonyl (C=O) groups excluding carboxylic acids is 1. The van der Waals surface area contributed by atoms with Gasteiger partial charge in [-0.1, -0.05) is 0 Å². The molecule has 0 aliphatic carbocycles. The second-order valence-electron chi connectivity index (χ2n) is 4.01. The highest BCUT2D eigenvalue weighted by atomic mass is 19.1. The van der Waals surface area contributed by atoms with Crippen molar-refractivity contribution in [1.82, 2.24) is 9.97 Å². The summed E-state index contributed by atoms with van der Waals surface area (Å²) in [4.78, 5) is 18.6. The van der Waals surface area contributed by atoms with E-state index in [9.17, 15) is 9.18 Å². The van der Waals surface area contributed by atoms with Gasteiger partial charge in [0.1, 0.15) is 5.82 Å². The van der Waals surface area contributed by atoms with Gasteiger partial charge in [-0.15, -0.1) is 0 Å². The molecular formula is C13H14FN3O2. The van der Waals surface area contributed by atoms with E-state index in [2.05, 4.69) is 20.0 Å². The summed E-state index contributed by atoms with van der Waals surface area (Å²) < 4.78 is 17.9. The Hall–Kier alpha value is -2.37. The third kappa shape index (κ3) is 2.90. The zero-order chi connectivity index (χ0) is 13.8. The van der Waals surface area contributed by atoms with Gasteiger partial charge >= 0.3 is 5.97 Å². The van der Waals surface area contributed by atoms with Gasteiger partial charge in [0.25, 0.3) is 0 Å². The van der Waals surface area contributed by atoms with E-state index in [1.807, 2.05) is 6.92 Å². The number of nitrogens with zero attached hydrogens (tertiary/aromatic N) is 1. The number of ether oxygens (including phenoxy) is 1. The second kappa shape index (κ2) is 5.51. The van der Waals surface area contributed by atoms with E-state index in [1.54, 1.807) is 6.33 Å². The van der Waals surface area contributed by atoms with E-state index in [0.717, 1.165) is 11.4 Å². The zero-order valence-electron chi connectivity index (χ0n) is 10.7. The molecule has 2 rings (SSSR count). The highest BCUT2D eigenvalue weighted by molar-refractivity contribution is 5.95. The minimum atomic E-state index is -0.513. The van der Waals surface area contributed by atoms with Crippen molar-refractivity contribution in [2.24, 2.45) is 0 Å². The van der Waals surface area contributed by atoms with E-state index in [1.165, 1.54) is 25.3 Å². The summed E-state index contributed by atoms with van der Waals surface area (Å²) in [6.07, 6.45) is 1.58. The van der Waals surface area contributed by atoms with E-state index in [0.29, 0.717) is 12.2 Å². The Bertz CT molecular complexity index is 595. The Kier molecular flexibility index (Phi) is 3.79. The van der Waals surface area contributed by atoms with E-state index in [-0.39, 0.29) is 5.56 Å². The fourth-order valence-corrected chi connectivity index (χ4v) is 1.70. The molecule has 2 N–H and O–H groups in total. The van der Waals surface area contributed by atoms with Crippen LogP contribution in [-0.4, -0.2) is 23.0 Å². The van der Waals surface area contributed by atoms with Crippen LogP contribution in [0.25, 0.3) is 0 Å². The number of rotatable bonds is 4. The summed E-state index contributed by atoms with van der Waals surface area (Å²) in [5.41, 5.74) is 2.40. The number of aromatic amines is 1. The van der Waals surface area contributed by atoms with Crippen molar-refractivity contribution < 1.29 is 13.9 Å². The third-order valence-corrected chi connectivity index (χ3v) is 2.77. The Morgan fingerprint density at radius 1 is 1.53 bits per heavy atom. The van der Waals surface area contributed by atoms with Crippen molar-refractivity contribution in [3.8, 4) is 0 Å². The van der Waals surface area contributed by atoms with Crippen LogP contribution in [0.4, 0.5) is 10.1 Å². The summed E-state index contributed by atoms with van der Waals surface area (Å²) in [6, 6.07) is 3.87. The van der Waals surface area contributed by atoms with Crippen LogP contribution in [-0.2, 0) is 11.3 Å². The monoisotopic (exact) mass is 263 g/mol. The number of esters is 1. The number of H-pyrrole nitrogens is 1. The molecule has 2 aromatic rings. The highest BCUT2D eigenvalue weighted by Gasteiger charge is 2.13. The minimum absolute atomic E-state index is 0.289. The zero-order valence-corrected chi connectivity index (χ0v) is 10.7. The average Bonchev–Trinajstić information content (AvgIpc) is 2.81. The topological polar surface area (TPSA) is 67.0 Å². The van der Waals surface area contributed by atoms with Gasteiger partial charge in [0.15, 0.2) is 0 Å². The molecule has 1 aromatic heterocycles. The first kappa shape index (κ1) is 13.1.